The summed E-state index contributed by atoms with van der Waals surface area (Å²) >= 11 is 0. The molecular weight excluding hydrogens is 322 g/mol. The van der Waals surface area contributed by atoms with E-state index in [2.05, 4.69) is 5.32 Å². The quantitative estimate of drug-likeness (QED) is 0.645. The summed E-state index contributed by atoms with van der Waals surface area (Å²) in [4.78, 5) is 24.2. The zero-order chi connectivity index (χ0) is 18.2. The number of hydrogen-bond donors (Lipinski definition) is 1. The van der Waals surface area contributed by atoms with Crippen molar-refractivity contribution in [2.75, 3.05) is 26.6 Å². The van der Waals surface area contributed by atoms with E-state index in [-0.39, 0.29) is 17.2 Å². The number of esters is 1. The van der Waals surface area contributed by atoms with Crippen LogP contribution < -0.4 is 14.8 Å². The molecule has 2 aromatic rings. The first kappa shape index (κ1) is 18.1. The Morgan fingerprint density at radius 2 is 1.60 bits per heavy atom. The number of nitrogens with one attached hydrogen (secondary N) is 1. The smallest absolute Gasteiger partial charge is 0.340 e. The Morgan fingerprint density at radius 3 is 2.20 bits per heavy atom. The normalized spacial score (nSPS) is 10.4. The lowest BCUT2D eigenvalue weighted by atomic mass is 10.1. The van der Waals surface area contributed by atoms with E-state index in [0.717, 1.165) is 5.56 Å². The van der Waals surface area contributed by atoms with Crippen molar-refractivity contribution < 1.29 is 23.8 Å². The van der Waals surface area contributed by atoms with Gasteiger partial charge in [0.25, 0.3) is 0 Å². The number of anilines is 1. The fourth-order valence-corrected chi connectivity index (χ4v) is 2.17. The average molecular weight is 341 g/mol. The topological polar surface area (TPSA) is 73.9 Å². The minimum absolute atomic E-state index is 0.168. The third kappa shape index (κ3) is 4.60. The monoisotopic (exact) mass is 341 g/mol. The Morgan fingerprint density at radius 1 is 0.960 bits per heavy atom. The maximum absolute atomic E-state index is 12.2. The van der Waals surface area contributed by atoms with Crippen LogP contribution in [-0.4, -0.2) is 33.2 Å². The molecule has 0 aliphatic carbocycles. The molecule has 0 spiro atoms. The standard InChI is InChI=1S/C19H19NO5/c1-23-16-11-14(19(22)25-3)15(12-17(16)24-2)20-18(21)10-9-13-7-5-4-6-8-13/h4-12H,1-3H3,(H,20,21). The van der Waals surface area contributed by atoms with Gasteiger partial charge in [-0.15, -0.1) is 0 Å². The molecule has 0 bridgehead atoms. The van der Waals surface area contributed by atoms with Crippen LogP contribution >= 0.6 is 0 Å². The molecule has 0 unspecified atom stereocenters. The van der Waals surface area contributed by atoms with E-state index in [1.54, 1.807) is 6.08 Å². The number of rotatable bonds is 6. The fourth-order valence-electron chi connectivity index (χ4n) is 2.17. The Kier molecular flexibility index (Phi) is 6.17. The summed E-state index contributed by atoms with van der Waals surface area (Å²) in [6.45, 7) is 0. The first-order valence-corrected chi connectivity index (χ1v) is 7.47. The zero-order valence-electron chi connectivity index (χ0n) is 14.2. The Hall–Kier alpha value is -3.28. The van der Waals surface area contributed by atoms with Crippen molar-refractivity contribution in [1.29, 1.82) is 0 Å². The number of methoxy groups -OCH3 is 3. The molecule has 0 saturated carbocycles. The lowest BCUT2D eigenvalue weighted by Gasteiger charge is -2.14. The van der Waals surface area contributed by atoms with Gasteiger partial charge in [0.05, 0.1) is 32.6 Å². The molecule has 0 aliphatic heterocycles. The third-order valence-electron chi connectivity index (χ3n) is 3.41. The van der Waals surface area contributed by atoms with E-state index in [1.165, 1.54) is 39.5 Å². The lowest BCUT2D eigenvalue weighted by Crippen LogP contribution is -2.13. The van der Waals surface area contributed by atoms with Gasteiger partial charge in [-0.2, -0.15) is 0 Å². The molecule has 1 amide bonds. The number of amides is 1. The molecule has 6 nitrogen and oxygen atoms in total. The van der Waals surface area contributed by atoms with Crippen molar-refractivity contribution in [3.8, 4) is 11.5 Å². The SMILES string of the molecule is COC(=O)c1cc(OC)c(OC)cc1NC(=O)C=Cc1ccccc1. The molecule has 0 aromatic heterocycles. The van der Waals surface area contributed by atoms with Crippen LogP contribution in [0.5, 0.6) is 11.5 Å². The number of hydrogen-bond acceptors (Lipinski definition) is 5. The number of benzene rings is 2. The lowest BCUT2D eigenvalue weighted by molar-refractivity contribution is -0.111. The van der Waals surface area contributed by atoms with E-state index in [1.807, 2.05) is 30.3 Å². The summed E-state index contributed by atoms with van der Waals surface area (Å²) in [5.74, 6) is -0.234. The molecule has 130 valence electrons. The molecule has 0 atom stereocenters. The van der Waals surface area contributed by atoms with Crippen LogP contribution in [0.1, 0.15) is 15.9 Å². The second-order valence-electron chi connectivity index (χ2n) is 4.98. The van der Waals surface area contributed by atoms with Crippen molar-refractivity contribution in [2.45, 2.75) is 0 Å². The summed E-state index contributed by atoms with van der Waals surface area (Å²) in [6.07, 6.45) is 3.06. The van der Waals surface area contributed by atoms with Gasteiger partial charge < -0.3 is 19.5 Å². The maximum Gasteiger partial charge on any atom is 0.340 e. The van der Waals surface area contributed by atoms with Crippen LogP contribution in [0.15, 0.2) is 48.5 Å². The van der Waals surface area contributed by atoms with Crippen molar-refractivity contribution >= 4 is 23.6 Å². The Balaban J connectivity index is 2.28. The maximum atomic E-state index is 12.2. The van der Waals surface area contributed by atoms with Crippen molar-refractivity contribution in [3.63, 3.8) is 0 Å². The molecule has 6 heteroatoms. The molecule has 2 rings (SSSR count). The van der Waals surface area contributed by atoms with Crippen LogP contribution in [0.4, 0.5) is 5.69 Å². The molecule has 25 heavy (non-hydrogen) atoms. The third-order valence-corrected chi connectivity index (χ3v) is 3.41. The van der Waals surface area contributed by atoms with E-state index in [4.69, 9.17) is 14.2 Å². The summed E-state index contributed by atoms with van der Waals surface area (Å²) in [5, 5.41) is 2.66. The van der Waals surface area contributed by atoms with E-state index < -0.39 is 5.97 Å². The molecule has 0 radical (unpaired) electrons. The van der Waals surface area contributed by atoms with E-state index in [0.29, 0.717) is 11.5 Å². The van der Waals surface area contributed by atoms with Crippen LogP contribution in [0.25, 0.3) is 6.08 Å². The zero-order valence-corrected chi connectivity index (χ0v) is 14.2. The van der Waals surface area contributed by atoms with Crippen LogP contribution in [-0.2, 0) is 9.53 Å². The predicted octanol–water partition coefficient (Wildman–Crippen LogP) is 3.14. The van der Waals surface area contributed by atoms with Gasteiger partial charge in [-0.3, -0.25) is 4.79 Å². The second-order valence-corrected chi connectivity index (χ2v) is 4.98. The van der Waals surface area contributed by atoms with Gasteiger partial charge >= 0.3 is 5.97 Å². The van der Waals surface area contributed by atoms with Gasteiger partial charge in [0.15, 0.2) is 11.5 Å². The van der Waals surface area contributed by atoms with Crippen molar-refractivity contribution in [2.24, 2.45) is 0 Å². The van der Waals surface area contributed by atoms with Crippen LogP contribution in [0.3, 0.4) is 0 Å². The van der Waals surface area contributed by atoms with Gasteiger partial charge in [-0.25, -0.2) is 4.79 Å². The van der Waals surface area contributed by atoms with Crippen LogP contribution in [0.2, 0.25) is 0 Å². The highest BCUT2D eigenvalue weighted by Gasteiger charge is 2.18. The average Bonchev–Trinajstić information content (AvgIpc) is 2.66. The molecule has 0 heterocycles. The highest BCUT2D eigenvalue weighted by molar-refractivity contribution is 6.06. The molecule has 0 aliphatic rings. The summed E-state index contributed by atoms with van der Waals surface area (Å²) in [7, 11) is 4.19. The highest BCUT2D eigenvalue weighted by atomic mass is 16.5. The van der Waals surface area contributed by atoms with E-state index in [9.17, 15) is 9.59 Å². The van der Waals surface area contributed by atoms with Gasteiger partial charge in [0, 0.05) is 18.2 Å². The minimum Gasteiger partial charge on any atom is -0.493 e. The van der Waals surface area contributed by atoms with Crippen molar-refractivity contribution in [1.82, 2.24) is 0 Å². The first-order valence-electron chi connectivity index (χ1n) is 7.47. The van der Waals surface area contributed by atoms with Gasteiger partial charge in [0.1, 0.15) is 0 Å². The van der Waals surface area contributed by atoms with Gasteiger partial charge in [-0.05, 0) is 11.6 Å². The Labute approximate surface area is 146 Å². The first-order chi connectivity index (χ1) is 12.1. The predicted molar refractivity (Wildman–Crippen MR) is 95.0 cm³/mol. The van der Waals surface area contributed by atoms with Crippen molar-refractivity contribution in [3.05, 3.63) is 59.7 Å². The summed E-state index contributed by atoms with van der Waals surface area (Å²) in [6, 6.07) is 12.4. The highest BCUT2D eigenvalue weighted by Crippen LogP contribution is 2.33. The molecule has 1 N–H and O–H groups in total. The Bertz CT molecular complexity index is 784. The largest absolute Gasteiger partial charge is 0.493 e. The van der Waals surface area contributed by atoms with E-state index >= 15 is 0 Å². The number of carbonyl (C=O) groups excluding carboxylic acids is 2. The summed E-state index contributed by atoms with van der Waals surface area (Å²) < 4.78 is 15.1. The fraction of sp³-hybridized carbons (Fsp3) is 0.158. The molecule has 0 saturated heterocycles. The molecule has 2 aromatic carbocycles. The summed E-state index contributed by atoms with van der Waals surface area (Å²) in [5.41, 5.74) is 1.33. The van der Waals surface area contributed by atoms with Gasteiger partial charge in [0.2, 0.25) is 5.91 Å². The second kappa shape index (κ2) is 8.54. The molecular formula is C19H19NO5. The minimum atomic E-state index is -0.594. The number of ether oxygens (including phenoxy) is 3. The van der Waals surface area contributed by atoms with Gasteiger partial charge in [-0.1, -0.05) is 30.3 Å². The molecule has 0 fully saturated rings. The van der Waals surface area contributed by atoms with Crippen LogP contribution in [0, 0.1) is 0 Å². The number of carbonyl (C=O) groups is 2.